The predicted octanol–water partition coefficient (Wildman–Crippen LogP) is 4.96. The summed E-state index contributed by atoms with van der Waals surface area (Å²) in [4.78, 5) is 40.3. The highest BCUT2D eigenvalue weighted by molar-refractivity contribution is 6.04. The predicted molar refractivity (Wildman–Crippen MR) is 115 cm³/mol. The number of ether oxygens (including phenoxy) is 3. The topological polar surface area (TPSA) is 96.0 Å². The molecule has 0 N–H and O–H groups in total. The molecule has 1 rings (SSSR count). The van der Waals surface area contributed by atoms with Crippen LogP contribution < -0.4 is 0 Å². The maximum absolute atomic E-state index is 10.7. The van der Waals surface area contributed by atoms with E-state index < -0.39 is 11.9 Å². The summed E-state index contributed by atoms with van der Waals surface area (Å²) >= 11 is 0. The van der Waals surface area contributed by atoms with E-state index in [-0.39, 0.29) is 11.9 Å². The van der Waals surface area contributed by atoms with Crippen LogP contribution in [0.15, 0.2) is 37.6 Å². The van der Waals surface area contributed by atoms with E-state index in [1.165, 1.54) is 70.8 Å². The van der Waals surface area contributed by atoms with Crippen molar-refractivity contribution in [2.24, 2.45) is 0 Å². The SMILES string of the molecule is C=CC(=O)OCCCCCCCCCCCC.C=COC(C)=O.O=C1C=CC(=O)O1. The lowest BCUT2D eigenvalue weighted by molar-refractivity contribution is -0.150. The van der Waals surface area contributed by atoms with Gasteiger partial charge in [0.25, 0.3) is 0 Å². The van der Waals surface area contributed by atoms with Gasteiger partial charge in [-0.3, -0.25) is 4.79 Å². The first-order chi connectivity index (χ1) is 14.4. The highest BCUT2D eigenvalue weighted by atomic mass is 16.6. The smallest absolute Gasteiger partial charge is 0.338 e. The van der Waals surface area contributed by atoms with Crippen molar-refractivity contribution in [1.82, 2.24) is 0 Å². The molecule has 0 fully saturated rings. The van der Waals surface area contributed by atoms with E-state index in [9.17, 15) is 19.2 Å². The molecule has 170 valence electrons. The maximum atomic E-state index is 10.7. The highest BCUT2D eigenvalue weighted by Gasteiger charge is 2.10. The van der Waals surface area contributed by atoms with E-state index in [1.54, 1.807) is 0 Å². The lowest BCUT2D eigenvalue weighted by atomic mass is 10.1. The Morgan fingerprint density at radius 2 is 1.37 bits per heavy atom. The molecule has 0 spiro atoms. The van der Waals surface area contributed by atoms with Crippen LogP contribution in [0.5, 0.6) is 0 Å². The molecule has 30 heavy (non-hydrogen) atoms. The zero-order chi connectivity index (χ0) is 23.0. The zero-order valence-corrected chi connectivity index (χ0v) is 18.4. The lowest BCUT2D eigenvalue weighted by Crippen LogP contribution is -2.01. The van der Waals surface area contributed by atoms with Crippen molar-refractivity contribution in [1.29, 1.82) is 0 Å². The van der Waals surface area contributed by atoms with E-state index in [0.717, 1.165) is 24.8 Å². The summed E-state index contributed by atoms with van der Waals surface area (Å²) in [5, 5.41) is 0. The molecule has 0 unspecified atom stereocenters. The Labute approximate surface area is 180 Å². The Bertz CT molecular complexity index is 534. The van der Waals surface area contributed by atoms with Gasteiger partial charge in [0, 0.05) is 25.2 Å². The number of hydrogen-bond donors (Lipinski definition) is 0. The van der Waals surface area contributed by atoms with Crippen LogP contribution in [0.2, 0.25) is 0 Å². The van der Waals surface area contributed by atoms with Gasteiger partial charge in [-0.15, -0.1) is 0 Å². The van der Waals surface area contributed by atoms with E-state index >= 15 is 0 Å². The first-order valence-corrected chi connectivity index (χ1v) is 10.4. The molecule has 7 heteroatoms. The third-order valence-electron chi connectivity index (χ3n) is 3.71. The molecule has 0 aromatic heterocycles. The average Bonchev–Trinajstić information content (AvgIpc) is 3.09. The molecule has 0 atom stereocenters. The van der Waals surface area contributed by atoms with Gasteiger partial charge in [0.15, 0.2) is 0 Å². The van der Waals surface area contributed by atoms with Gasteiger partial charge >= 0.3 is 23.9 Å². The average molecular weight is 425 g/mol. The fourth-order valence-corrected chi connectivity index (χ4v) is 2.24. The zero-order valence-electron chi connectivity index (χ0n) is 18.4. The Balaban J connectivity index is 0. The van der Waals surface area contributed by atoms with Gasteiger partial charge in [-0.1, -0.05) is 77.9 Å². The van der Waals surface area contributed by atoms with Gasteiger partial charge in [0.05, 0.1) is 12.9 Å². The minimum absolute atomic E-state index is 0.305. The van der Waals surface area contributed by atoms with E-state index in [4.69, 9.17) is 4.74 Å². The molecule has 0 radical (unpaired) electrons. The number of carbonyl (C=O) groups is 4. The second-order valence-corrected chi connectivity index (χ2v) is 6.40. The van der Waals surface area contributed by atoms with E-state index in [1.807, 2.05) is 0 Å². The van der Waals surface area contributed by atoms with Crippen LogP contribution in [0, 0.1) is 0 Å². The van der Waals surface area contributed by atoms with E-state index in [0.29, 0.717) is 6.61 Å². The lowest BCUT2D eigenvalue weighted by Gasteiger charge is -2.03. The van der Waals surface area contributed by atoms with Gasteiger partial charge in [-0.2, -0.15) is 0 Å². The summed E-state index contributed by atoms with van der Waals surface area (Å²) in [6.07, 6.45) is 17.5. The molecule has 0 aliphatic carbocycles. The summed E-state index contributed by atoms with van der Waals surface area (Å²) < 4.78 is 13.0. The Hall–Kier alpha value is -2.70. The molecule has 0 aromatic carbocycles. The number of esters is 4. The number of unbranched alkanes of at least 4 members (excludes halogenated alkanes) is 9. The number of rotatable bonds is 13. The minimum atomic E-state index is -0.579. The Kier molecular flexibility index (Phi) is 22.2. The first kappa shape index (κ1) is 29.5. The standard InChI is InChI=1S/C15H28O2.C4H2O3.C4H6O2/c1-3-5-6-7-8-9-10-11-12-13-14-17-15(16)4-2;5-3-1-2-4(6)7-3;1-3-6-4(2)5/h4H,2-3,5-14H2,1H3;1-2H;3H,1H2,2H3. The maximum Gasteiger partial charge on any atom is 0.338 e. The van der Waals surface area contributed by atoms with Crippen LogP contribution in [-0.4, -0.2) is 30.5 Å². The van der Waals surface area contributed by atoms with Crippen LogP contribution >= 0.6 is 0 Å². The summed E-state index contributed by atoms with van der Waals surface area (Å²) in [7, 11) is 0. The van der Waals surface area contributed by atoms with Crippen molar-refractivity contribution < 1.29 is 33.4 Å². The number of cyclic esters (lactones) is 2. The Morgan fingerprint density at radius 3 is 1.67 bits per heavy atom. The second kappa shape index (κ2) is 22.6. The van der Waals surface area contributed by atoms with Crippen LogP contribution in [-0.2, 0) is 33.4 Å². The molecular formula is C23H36O7. The van der Waals surface area contributed by atoms with Crippen LogP contribution in [0.3, 0.4) is 0 Å². The molecule has 0 saturated heterocycles. The van der Waals surface area contributed by atoms with Crippen molar-refractivity contribution in [2.75, 3.05) is 6.61 Å². The Morgan fingerprint density at radius 1 is 0.900 bits per heavy atom. The molecule has 1 aliphatic rings. The van der Waals surface area contributed by atoms with Crippen LogP contribution in [0.1, 0.15) is 78.1 Å². The third-order valence-corrected chi connectivity index (χ3v) is 3.71. The van der Waals surface area contributed by atoms with Crippen LogP contribution in [0.4, 0.5) is 0 Å². The summed E-state index contributed by atoms with van der Waals surface area (Å²) in [5.74, 6) is -1.79. The van der Waals surface area contributed by atoms with Gasteiger partial charge in [0.2, 0.25) is 0 Å². The largest absolute Gasteiger partial charge is 0.463 e. The number of carbonyl (C=O) groups excluding carboxylic acids is 4. The highest BCUT2D eigenvalue weighted by Crippen LogP contribution is 2.10. The van der Waals surface area contributed by atoms with Crippen LogP contribution in [0.25, 0.3) is 0 Å². The minimum Gasteiger partial charge on any atom is -0.463 e. The van der Waals surface area contributed by atoms with Crippen molar-refractivity contribution in [3.8, 4) is 0 Å². The molecular weight excluding hydrogens is 388 g/mol. The van der Waals surface area contributed by atoms with Gasteiger partial charge in [0.1, 0.15) is 0 Å². The van der Waals surface area contributed by atoms with Gasteiger partial charge < -0.3 is 14.2 Å². The molecule has 0 bridgehead atoms. The fourth-order valence-electron chi connectivity index (χ4n) is 2.24. The summed E-state index contributed by atoms with van der Waals surface area (Å²) in [6, 6.07) is 0. The molecule has 0 amide bonds. The molecule has 0 aromatic rings. The van der Waals surface area contributed by atoms with Crippen molar-refractivity contribution in [2.45, 2.75) is 78.1 Å². The van der Waals surface area contributed by atoms with Gasteiger partial charge in [-0.25, -0.2) is 14.4 Å². The second-order valence-electron chi connectivity index (χ2n) is 6.40. The van der Waals surface area contributed by atoms with Crippen molar-refractivity contribution >= 4 is 23.9 Å². The third kappa shape index (κ3) is 25.3. The van der Waals surface area contributed by atoms with E-state index in [2.05, 4.69) is 29.6 Å². The van der Waals surface area contributed by atoms with Crippen molar-refractivity contribution in [3.63, 3.8) is 0 Å². The quantitative estimate of drug-likeness (QED) is 0.103. The summed E-state index contributed by atoms with van der Waals surface area (Å²) in [6.45, 7) is 10.6. The first-order valence-electron chi connectivity index (χ1n) is 10.4. The van der Waals surface area contributed by atoms with Gasteiger partial charge in [-0.05, 0) is 6.42 Å². The monoisotopic (exact) mass is 424 g/mol. The molecule has 0 saturated carbocycles. The van der Waals surface area contributed by atoms with Crippen molar-refractivity contribution in [3.05, 3.63) is 37.6 Å². The fraction of sp³-hybridized carbons (Fsp3) is 0.565. The molecule has 1 aliphatic heterocycles. The number of hydrogen-bond acceptors (Lipinski definition) is 7. The molecule has 7 nitrogen and oxygen atoms in total. The normalized spacial score (nSPS) is 11.3. The molecule has 1 heterocycles. The summed E-state index contributed by atoms with van der Waals surface area (Å²) in [5.41, 5.74) is 0.